The van der Waals surface area contributed by atoms with E-state index >= 15 is 0 Å². The molecule has 3 heterocycles. The van der Waals surface area contributed by atoms with E-state index in [4.69, 9.17) is 9.72 Å². The van der Waals surface area contributed by atoms with Gasteiger partial charge in [0.15, 0.2) is 0 Å². The summed E-state index contributed by atoms with van der Waals surface area (Å²) >= 11 is 0. The van der Waals surface area contributed by atoms with Crippen LogP contribution in [0.25, 0.3) is 38.5 Å². The van der Waals surface area contributed by atoms with Crippen molar-refractivity contribution in [3.05, 3.63) is 95.7 Å². The van der Waals surface area contributed by atoms with Crippen LogP contribution in [0.15, 0.2) is 72.9 Å². The van der Waals surface area contributed by atoms with Crippen LogP contribution in [0.4, 0.5) is 0 Å². The predicted molar refractivity (Wildman–Crippen MR) is 149 cm³/mol. The number of nitrogens with zero attached hydrogens (tertiary/aromatic N) is 3. The molecule has 0 aliphatic carbocycles. The third-order valence-electron chi connectivity index (χ3n) is 6.83. The van der Waals surface area contributed by atoms with Crippen molar-refractivity contribution in [3.63, 3.8) is 0 Å². The molecular formula is C32H28N3O2Pt-. The second kappa shape index (κ2) is 9.56. The number of aryl methyl sites for hydroxylation is 2. The van der Waals surface area contributed by atoms with Crippen LogP contribution in [0.2, 0.25) is 0 Å². The van der Waals surface area contributed by atoms with E-state index in [1.165, 1.54) is 0 Å². The maximum Gasteiger partial charge on any atom is 0.217 e. The van der Waals surface area contributed by atoms with E-state index in [2.05, 4.69) is 79.7 Å². The smallest absolute Gasteiger partial charge is 0.217 e. The van der Waals surface area contributed by atoms with Gasteiger partial charge in [0.1, 0.15) is 17.1 Å². The van der Waals surface area contributed by atoms with Gasteiger partial charge in [-0.05, 0) is 60.0 Å². The number of hydrogen-bond donors (Lipinski definition) is 1. The Bertz CT molecular complexity index is 1830. The standard InChI is InChI=1S/C32H28N3O2.Pt/c1-19-14-15-33-27(16-19)35-25-9-7-6-8-23(25)29-24(32(3,4)5)17-22(18-26(29)35)37-28-13-12-21-11-10-20(2)31(36)30(21)34-28;/h6-17,36H,1-5H3;/q-1;. The van der Waals surface area contributed by atoms with E-state index in [0.29, 0.717) is 17.1 Å². The van der Waals surface area contributed by atoms with Gasteiger partial charge in [-0.25, -0.2) is 9.97 Å². The van der Waals surface area contributed by atoms with Crippen molar-refractivity contribution < 1.29 is 30.9 Å². The maximum absolute atomic E-state index is 10.6. The average Bonchev–Trinajstić information content (AvgIpc) is 3.19. The Morgan fingerprint density at radius 3 is 2.47 bits per heavy atom. The molecule has 6 rings (SSSR count). The number of rotatable bonds is 3. The molecular weight excluding hydrogens is 653 g/mol. The number of ether oxygens (including phenoxy) is 1. The Balaban J connectivity index is 0.00000294. The number of hydrogen-bond acceptors (Lipinski definition) is 4. The number of fused-ring (bicyclic) bond motifs is 4. The van der Waals surface area contributed by atoms with Crippen molar-refractivity contribution in [2.75, 3.05) is 0 Å². The second-order valence-corrected chi connectivity index (χ2v) is 10.6. The van der Waals surface area contributed by atoms with Crippen molar-refractivity contribution in [2.24, 2.45) is 0 Å². The Morgan fingerprint density at radius 1 is 0.947 bits per heavy atom. The first kappa shape index (κ1) is 25.9. The van der Waals surface area contributed by atoms with Crippen LogP contribution < -0.4 is 4.74 Å². The first-order valence-electron chi connectivity index (χ1n) is 12.4. The number of phenols is 1. The third kappa shape index (κ3) is 4.35. The minimum Gasteiger partial charge on any atom is -0.505 e. The molecule has 0 saturated carbocycles. The molecule has 0 amide bonds. The zero-order valence-electron chi connectivity index (χ0n) is 21.9. The van der Waals surface area contributed by atoms with Crippen molar-refractivity contribution in [1.29, 1.82) is 0 Å². The molecule has 6 heteroatoms. The molecule has 6 aromatic rings. The monoisotopic (exact) mass is 681 g/mol. The predicted octanol–water partition coefficient (Wildman–Crippen LogP) is 7.94. The fourth-order valence-electron chi connectivity index (χ4n) is 4.94. The van der Waals surface area contributed by atoms with E-state index in [-0.39, 0.29) is 32.2 Å². The molecule has 3 aromatic carbocycles. The molecule has 0 atom stereocenters. The zero-order valence-corrected chi connectivity index (χ0v) is 24.2. The largest absolute Gasteiger partial charge is 0.505 e. The Hall–Kier alpha value is -3.69. The normalized spacial score (nSPS) is 11.7. The van der Waals surface area contributed by atoms with Crippen LogP contribution in [0.1, 0.15) is 37.5 Å². The van der Waals surface area contributed by atoms with Gasteiger partial charge in [0.05, 0.1) is 0 Å². The molecule has 0 saturated heterocycles. The summed E-state index contributed by atoms with van der Waals surface area (Å²) in [5.41, 5.74) is 5.39. The zero-order chi connectivity index (χ0) is 25.9. The molecule has 1 N–H and O–H groups in total. The summed E-state index contributed by atoms with van der Waals surface area (Å²) in [7, 11) is 0. The van der Waals surface area contributed by atoms with E-state index in [0.717, 1.165) is 49.7 Å². The van der Waals surface area contributed by atoms with Crippen molar-refractivity contribution in [2.45, 2.75) is 40.0 Å². The van der Waals surface area contributed by atoms with Gasteiger partial charge in [-0.1, -0.05) is 62.0 Å². The van der Waals surface area contributed by atoms with Gasteiger partial charge in [-0.2, -0.15) is 0 Å². The first-order valence-corrected chi connectivity index (χ1v) is 12.4. The van der Waals surface area contributed by atoms with Crippen LogP contribution in [0, 0.1) is 19.9 Å². The number of pyridine rings is 2. The molecule has 0 unspecified atom stereocenters. The van der Waals surface area contributed by atoms with Gasteiger partial charge in [-0.15, -0.1) is 17.7 Å². The average molecular weight is 682 g/mol. The first-order chi connectivity index (χ1) is 17.7. The molecule has 0 aliphatic rings. The summed E-state index contributed by atoms with van der Waals surface area (Å²) in [6, 6.07) is 25.6. The Labute approximate surface area is 236 Å². The summed E-state index contributed by atoms with van der Waals surface area (Å²) in [5.74, 6) is 1.97. The summed E-state index contributed by atoms with van der Waals surface area (Å²) in [5, 5.41) is 13.7. The van der Waals surface area contributed by atoms with Crippen LogP contribution >= 0.6 is 0 Å². The Kier molecular flexibility index (Phi) is 6.52. The molecule has 0 fully saturated rings. The minimum atomic E-state index is -0.160. The number of aromatic hydroxyl groups is 1. The fraction of sp³-hybridized carbons (Fsp3) is 0.188. The third-order valence-corrected chi connectivity index (χ3v) is 6.83. The fourth-order valence-corrected chi connectivity index (χ4v) is 4.94. The van der Waals surface area contributed by atoms with Gasteiger partial charge in [0.25, 0.3) is 0 Å². The van der Waals surface area contributed by atoms with Gasteiger partial charge in [-0.3, -0.25) is 0 Å². The van der Waals surface area contributed by atoms with Gasteiger partial charge < -0.3 is 14.4 Å². The summed E-state index contributed by atoms with van der Waals surface area (Å²) < 4.78 is 8.48. The van der Waals surface area contributed by atoms with Crippen LogP contribution in [-0.2, 0) is 26.5 Å². The topological polar surface area (TPSA) is 60.2 Å². The number of para-hydroxylation sites is 1. The minimum absolute atomic E-state index is 0. The van der Waals surface area contributed by atoms with Crippen molar-refractivity contribution in [1.82, 2.24) is 14.5 Å². The van der Waals surface area contributed by atoms with E-state index in [9.17, 15) is 5.11 Å². The molecule has 3 aromatic heterocycles. The van der Waals surface area contributed by atoms with Crippen LogP contribution in [0.3, 0.4) is 0 Å². The van der Waals surface area contributed by atoms with E-state index < -0.39 is 0 Å². The summed E-state index contributed by atoms with van der Waals surface area (Å²) in [4.78, 5) is 9.33. The molecule has 0 radical (unpaired) electrons. The van der Waals surface area contributed by atoms with E-state index in [1.54, 1.807) is 0 Å². The molecule has 5 nitrogen and oxygen atoms in total. The van der Waals surface area contributed by atoms with Crippen LogP contribution in [0.5, 0.6) is 17.4 Å². The number of benzene rings is 3. The molecule has 194 valence electrons. The van der Waals surface area contributed by atoms with Crippen molar-refractivity contribution >= 4 is 32.7 Å². The van der Waals surface area contributed by atoms with Crippen LogP contribution in [-0.4, -0.2) is 19.6 Å². The number of aromatic nitrogens is 3. The quantitative estimate of drug-likeness (QED) is 0.193. The van der Waals surface area contributed by atoms with Gasteiger partial charge >= 0.3 is 0 Å². The molecule has 0 aliphatic heterocycles. The molecule has 0 bridgehead atoms. The van der Waals surface area contributed by atoms with E-state index in [1.807, 2.05) is 43.5 Å². The van der Waals surface area contributed by atoms with Gasteiger partial charge in [0, 0.05) is 50.0 Å². The molecule has 0 spiro atoms. The maximum atomic E-state index is 10.6. The SMILES string of the molecule is Cc1ccnc(-n2c3[c-]c(Oc4ccc5ccc(C)c(O)c5n4)cc(C(C)(C)C)c3c3ccccc32)c1.[Pt]. The summed E-state index contributed by atoms with van der Waals surface area (Å²) in [6.45, 7) is 10.5. The Morgan fingerprint density at radius 2 is 1.71 bits per heavy atom. The number of phenolic OH excluding ortho intramolecular Hbond substituents is 1. The van der Waals surface area contributed by atoms with Gasteiger partial charge in [0.2, 0.25) is 5.88 Å². The summed E-state index contributed by atoms with van der Waals surface area (Å²) in [6.07, 6.45) is 1.84. The molecule has 38 heavy (non-hydrogen) atoms. The second-order valence-electron chi connectivity index (χ2n) is 10.6. The van der Waals surface area contributed by atoms with Crippen molar-refractivity contribution in [3.8, 4) is 23.2 Å².